The number of amides is 5. The van der Waals surface area contributed by atoms with Crippen LogP contribution in [-0.2, 0) is 82.1 Å². The first kappa shape index (κ1) is 97.2. The van der Waals surface area contributed by atoms with Crippen molar-refractivity contribution in [2.75, 3.05) is 72.9 Å². The van der Waals surface area contributed by atoms with Crippen molar-refractivity contribution in [3.8, 4) is 0 Å². The van der Waals surface area contributed by atoms with Crippen LogP contribution in [0.2, 0.25) is 0 Å². The maximum Gasteiger partial charge on any atom is 0.472 e. The van der Waals surface area contributed by atoms with E-state index < -0.39 is 132 Å². The zero-order chi connectivity index (χ0) is 83.8. The average molecular weight is 1690 g/mol. The van der Waals surface area contributed by atoms with Crippen LogP contribution in [-0.4, -0.2) is 249 Å². The molecule has 0 bridgehead atoms. The van der Waals surface area contributed by atoms with Crippen molar-refractivity contribution >= 4 is 61.9 Å². The fourth-order valence-electron chi connectivity index (χ4n) is 19.9. The number of allylic oxidation sites excluding steroid dienone is 1. The van der Waals surface area contributed by atoms with E-state index in [1.165, 1.54) is 67.4 Å². The van der Waals surface area contributed by atoms with Crippen molar-refractivity contribution in [2.24, 2.45) is 58.2 Å². The average Bonchev–Trinajstić information content (AvgIpc) is 1.67. The van der Waals surface area contributed by atoms with Gasteiger partial charge in [-0.15, -0.1) is 0 Å². The third-order valence-electron chi connectivity index (χ3n) is 26.7. The Morgan fingerprint density at radius 1 is 0.626 bits per heavy atom. The van der Waals surface area contributed by atoms with Crippen LogP contribution in [0, 0.1) is 58.2 Å². The summed E-state index contributed by atoms with van der Waals surface area (Å²) in [6, 6.07) is -2.28. The number of nitrogens with one attached hydrogen (secondary N) is 3. The Morgan fingerprint density at radius 3 is 1.83 bits per heavy atom. The van der Waals surface area contributed by atoms with Crippen LogP contribution >= 0.6 is 14.5 Å². The molecule has 4 saturated heterocycles. The molecule has 0 aromatic carbocycles. The fourth-order valence-corrected chi connectivity index (χ4v) is 21.5. The molecular formula is C82H143N5O25P2S. The molecule has 662 valence electrons. The van der Waals surface area contributed by atoms with Crippen LogP contribution in [0.1, 0.15) is 254 Å². The number of Topliss-reactive ketones (excluding diaryl/α,β-unsaturated/α-hetero) is 1. The van der Waals surface area contributed by atoms with Crippen molar-refractivity contribution in [2.45, 2.75) is 340 Å². The summed E-state index contributed by atoms with van der Waals surface area (Å²) in [5.74, 6) is 2.16. The maximum atomic E-state index is 13.9. The van der Waals surface area contributed by atoms with E-state index in [1.54, 1.807) is 13.8 Å². The molecular weight excluding hydrogens is 1550 g/mol. The highest BCUT2D eigenvalue weighted by atomic mass is 32.5. The number of rotatable bonds is 49. The summed E-state index contributed by atoms with van der Waals surface area (Å²) < 4.78 is 64.2. The summed E-state index contributed by atoms with van der Waals surface area (Å²) in [4.78, 5) is 105. The molecule has 0 spiro atoms. The summed E-state index contributed by atoms with van der Waals surface area (Å²) in [7, 11) is -3.64. The summed E-state index contributed by atoms with van der Waals surface area (Å²) in [5, 5.41) is 79.6. The lowest BCUT2D eigenvalue weighted by Crippen LogP contribution is -2.55. The number of fused-ring (bicyclic) bond motifs is 5. The van der Waals surface area contributed by atoms with E-state index in [0.29, 0.717) is 114 Å². The number of β-amino-alcohol motifs (C(OH)–C–C–N with tert-alkyl or cyclic N) is 1. The normalized spacial score (nSPS) is 33.6. The van der Waals surface area contributed by atoms with E-state index in [9.17, 15) is 78.9 Å². The number of carbonyl (C=O) groups excluding carboxylic acids is 6. The molecule has 5 amide bonds. The van der Waals surface area contributed by atoms with E-state index in [-0.39, 0.29) is 119 Å². The molecule has 0 aromatic heterocycles. The maximum absolute atomic E-state index is 13.9. The van der Waals surface area contributed by atoms with Gasteiger partial charge in [0.1, 0.15) is 30.5 Å². The Hall–Kier alpha value is -3.24. The molecule has 0 radical (unpaired) electrons. The molecule has 4 aliphatic carbocycles. The van der Waals surface area contributed by atoms with Crippen LogP contribution in [0.15, 0.2) is 11.6 Å². The van der Waals surface area contributed by atoms with Gasteiger partial charge >= 0.3 is 20.6 Å². The number of phosphoric ester groups is 1. The predicted molar refractivity (Wildman–Crippen MR) is 431 cm³/mol. The lowest BCUT2D eigenvalue weighted by atomic mass is 9.47. The quantitative estimate of drug-likeness (QED) is 0.0154. The molecule has 3 saturated carbocycles. The third-order valence-corrected chi connectivity index (χ3v) is 29.5. The predicted octanol–water partition coefficient (Wildman–Crippen LogP) is 8.83. The fraction of sp³-hybridized carbons (Fsp3) is 0.902. The number of aliphatic hydroxyl groups is 7. The number of hydrogen-bond donors (Lipinski definition) is 12. The van der Waals surface area contributed by atoms with Crippen LogP contribution in [0.25, 0.3) is 0 Å². The second kappa shape index (κ2) is 46.9. The largest absolute Gasteiger partial charge is 0.472 e. The molecule has 0 aromatic rings. The Morgan fingerprint density at radius 2 is 1.20 bits per heavy atom. The number of aliphatic hydroxyl groups excluding tert-OH is 7. The van der Waals surface area contributed by atoms with Gasteiger partial charge in [-0.2, -0.15) is 0 Å². The van der Waals surface area contributed by atoms with Crippen LogP contribution in [0.4, 0.5) is 4.79 Å². The van der Waals surface area contributed by atoms with E-state index in [2.05, 4.69) is 56.6 Å². The summed E-state index contributed by atoms with van der Waals surface area (Å²) in [5.41, 5.74) is 2.04. The van der Waals surface area contributed by atoms with Crippen molar-refractivity contribution < 1.29 is 121 Å². The lowest BCUT2D eigenvalue weighted by Gasteiger charge is -2.58. The van der Waals surface area contributed by atoms with E-state index >= 15 is 0 Å². The van der Waals surface area contributed by atoms with Crippen molar-refractivity contribution in [3.05, 3.63) is 11.6 Å². The summed E-state index contributed by atoms with van der Waals surface area (Å²) in [6.07, 6.45) is 12.3. The van der Waals surface area contributed by atoms with Gasteiger partial charge in [-0.05, 0) is 187 Å². The van der Waals surface area contributed by atoms with Gasteiger partial charge in [0.25, 0.3) is 0 Å². The molecule has 4 heterocycles. The Bertz CT molecular complexity index is 3180. The first-order valence-corrected chi connectivity index (χ1v) is 47.5. The molecule has 4 aliphatic heterocycles. The number of hydrogen-bond acceptors (Lipinski definition) is 24. The molecule has 7 fully saturated rings. The highest BCUT2D eigenvalue weighted by Gasteiger charge is 2.60. The first-order chi connectivity index (χ1) is 54.7. The second-order valence-electron chi connectivity index (χ2n) is 35.4. The standard InChI is InChI=1S/C82H143N5O25P2S/c1-52(2)23-22-24-53(3)63-33-34-64-62-32-31-56-43-60(35-37-81(56,6)65(62)36-38-82(63,64)7)109-80(100)84-40-18-11-14-30-73(95)87-47-61(45-58(87)51-108-114(103,115)104-8)112-113(101,102)107-50-57-44-59(90)46-86(57)72(94)29-13-10-9-12-26-67(91)66(85-71(93)28-17-21-42-106-79-55(5)75(97)77(99)69(49-89)111-79)25-15-19-39-83-70(92)27-16-20-41-105-78-54(4)74(96)76(98)68(48-88)110-78/h31,52-55,57-66,68-69,74-79,88-90,96-99H,9-30,32-51H2,1-8H3,(H,83,92)(H,84,100)(H,85,93)(H,101,102)(H,103,115)/t53-,54?,55?,57?,58+,59-,60?,61-,62+,63?,64?,65-,66+,68?,69?,74?,75?,76?,77?,78?,79?,81+,82+,114?/m1/s1. The van der Waals surface area contributed by atoms with Gasteiger partial charge in [0, 0.05) is 96.9 Å². The van der Waals surface area contributed by atoms with E-state index in [1.807, 2.05) is 0 Å². The number of likely N-dealkylation sites (tertiary alicyclic amines) is 2. The number of carbonyl (C=O) groups is 6. The number of unbranched alkanes of at least 4 members (excludes halogenated alkanes) is 8. The van der Waals surface area contributed by atoms with Gasteiger partial charge in [0.2, 0.25) is 23.6 Å². The van der Waals surface area contributed by atoms with E-state index in [0.717, 1.165) is 55.3 Å². The molecule has 8 rings (SSSR count). The minimum atomic E-state index is -4.85. The van der Waals surface area contributed by atoms with Crippen molar-refractivity contribution in [3.63, 3.8) is 0 Å². The first-order valence-electron chi connectivity index (χ1n) is 43.4. The summed E-state index contributed by atoms with van der Waals surface area (Å²) in [6.45, 7) is 11.3. The zero-order valence-corrected chi connectivity index (χ0v) is 72.3. The monoisotopic (exact) mass is 1690 g/mol. The molecule has 115 heavy (non-hydrogen) atoms. The molecule has 12 N–H and O–H groups in total. The molecule has 8 aliphatic rings. The van der Waals surface area contributed by atoms with Gasteiger partial charge < -0.3 is 104 Å². The SMILES string of the molecule is COP(O)(=S)OC[C@@H]1C[C@@H](OP(=O)(O)OCC2C[C@@H](O)CN2C(=O)CCCCCCC(=O)[C@H](CCCCNC(=O)CCCCOC2OC(CO)C(O)C(O)C2C)NC(=O)CCCCOC2OC(CO)C(O)C(O)C2C)CN1C(=O)CCCCCNC(=O)OC1CC[C@@]2(C)C(=CC[C@H]3C4CCC([C@H](C)CCCC(C)C)[C@]4(C)CC[C@H]32)C1. The Balaban J connectivity index is 0.717. The highest BCUT2D eigenvalue weighted by molar-refractivity contribution is 8.07. The Labute approximate surface area is 687 Å². The lowest BCUT2D eigenvalue weighted by molar-refractivity contribution is -0.282. The molecule has 30 nitrogen and oxygen atoms in total. The van der Waals surface area contributed by atoms with Gasteiger partial charge in [0.05, 0.1) is 69.0 Å². The van der Waals surface area contributed by atoms with Crippen LogP contribution in [0.5, 0.6) is 0 Å². The van der Waals surface area contributed by atoms with Crippen molar-refractivity contribution in [1.82, 2.24) is 25.8 Å². The number of alkyl carbamates (subject to hydrolysis) is 1. The van der Waals surface area contributed by atoms with Crippen LogP contribution in [0.3, 0.4) is 0 Å². The van der Waals surface area contributed by atoms with Gasteiger partial charge in [-0.1, -0.05) is 98.6 Å². The second-order valence-corrected chi connectivity index (χ2v) is 39.7. The Kier molecular flexibility index (Phi) is 39.6. The van der Waals surface area contributed by atoms with Gasteiger partial charge in [-0.25, -0.2) is 9.36 Å². The number of phosphoric acid groups is 1. The smallest absolute Gasteiger partial charge is 0.446 e. The number of ketones is 1. The highest BCUT2D eigenvalue weighted by Crippen LogP contribution is 2.67. The molecule has 25 atom stereocenters. The number of ether oxygens (including phenoxy) is 5. The van der Waals surface area contributed by atoms with Crippen LogP contribution < -0.4 is 16.0 Å². The summed E-state index contributed by atoms with van der Waals surface area (Å²) >= 11 is 5.07. The van der Waals surface area contributed by atoms with E-state index in [4.69, 9.17) is 53.6 Å². The molecule has 33 heteroatoms. The minimum absolute atomic E-state index is 0.0214. The van der Waals surface area contributed by atoms with Crippen molar-refractivity contribution in [1.29, 1.82) is 0 Å². The van der Waals surface area contributed by atoms with Gasteiger partial charge in [-0.3, -0.25) is 33.0 Å². The topological polar surface area (TPSA) is 427 Å². The third kappa shape index (κ3) is 28.4. The van der Waals surface area contributed by atoms with Gasteiger partial charge in [0.15, 0.2) is 18.4 Å². The zero-order valence-electron chi connectivity index (χ0n) is 69.7. The number of nitrogens with zero attached hydrogens (tertiary/aromatic N) is 2. The molecule has 16 unspecified atom stereocenters. The minimum Gasteiger partial charge on any atom is -0.446 e.